The van der Waals surface area contributed by atoms with Crippen LogP contribution < -0.4 is 6.15 Å². The van der Waals surface area contributed by atoms with Crippen molar-refractivity contribution in [1.82, 2.24) is 6.15 Å². The van der Waals surface area contributed by atoms with Crippen LogP contribution in [0.2, 0.25) is 0 Å². The molecule has 0 aliphatic heterocycles. The summed E-state index contributed by atoms with van der Waals surface area (Å²) in [5.41, 5.74) is -0.123. The fraction of sp³-hybridized carbons (Fsp3) is 0.941. The molecule has 0 aliphatic carbocycles. The van der Waals surface area contributed by atoms with Gasteiger partial charge in [-0.15, -0.1) is 0 Å². The Morgan fingerprint density at radius 2 is 0.784 bits per heavy atom. The van der Waals surface area contributed by atoms with E-state index >= 15 is 0 Å². The average molecular weight is 524 g/mol. The second-order valence-electron chi connectivity index (χ2n) is 12.7. The molecule has 222 valence electrons. The number of carbonyl (C=O) groups excluding carboxylic acids is 2. The fourth-order valence-corrected chi connectivity index (χ4v) is 5.36. The van der Waals surface area contributed by atoms with Crippen LogP contribution in [0.25, 0.3) is 0 Å². The second-order valence-corrected chi connectivity index (χ2v) is 12.7. The lowest BCUT2D eigenvalue weighted by Crippen LogP contribution is -2.30. The van der Waals surface area contributed by atoms with Crippen LogP contribution >= 0.6 is 0 Å². The normalized spacial score (nSPS) is 12.4. The minimum absolute atomic E-state index is 0. The third-order valence-electron chi connectivity index (χ3n) is 7.95. The quantitative estimate of drug-likeness (QED) is 0.109. The van der Waals surface area contributed by atoms with Gasteiger partial charge >= 0.3 is 0 Å². The first-order valence-corrected chi connectivity index (χ1v) is 16.4. The summed E-state index contributed by atoms with van der Waals surface area (Å²) < 4.78 is 0. The highest BCUT2D eigenvalue weighted by Gasteiger charge is 2.32. The van der Waals surface area contributed by atoms with Crippen LogP contribution in [0.3, 0.4) is 0 Å². The maximum absolute atomic E-state index is 13.0. The molecular formula is C34H69NO2. The van der Waals surface area contributed by atoms with Gasteiger partial charge in [-0.25, -0.2) is 0 Å². The van der Waals surface area contributed by atoms with Crippen LogP contribution in [0.4, 0.5) is 0 Å². The molecular weight excluding hydrogens is 454 g/mol. The van der Waals surface area contributed by atoms with Crippen LogP contribution in [0.15, 0.2) is 0 Å². The van der Waals surface area contributed by atoms with Crippen LogP contribution in [-0.2, 0) is 9.59 Å². The summed E-state index contributed by atoms with van der Waals surface area (Å²) >= 11 is 0. The molecule has 0 saturated carbocycles. The predicted molar refractivity (Wildman–Crippen MR) is 165 cm³/mol. The number of ketones is 2. The van der Waals surface area contributed by atoms with Crippen molar-refractivity contribution in [3.05, 3.63) is 0 Å². The minimum Gasteiger partial charge on any atom is -0.344 e. The van der Waals surface area contributed by atoms with Gasteiger partial charge in [-0.05, 0) is 18.3 Å². The zero-order valence-corrected chi connectivity index (χ0v) is 26.3. The van der Waals surface area contributed by atoms with E-state index in [4.69, 9.17) is 0 Å². The van der Waals surface area contributed by atoms with Crippen molar-refractivity contribution < 1.29 is 9.59 Å². The number of rotatable bonds is 27. The van der Waals surface area contributed by atoms with E-state index in [1.54, 1.807) is 0 Å². The molecule has 0 amide bonds. The monoisotopic (exact) mass is 524 g/mol. The van der Waals surface area contributed by atoms with Crippen molar-refractivity contribution in [1.29, 1.82) is 0 Å². The Bertz CT molecular complexity index is 508. The molecule has 0 radical (unpaired) electrons. The number of Topliss-reactive ketones (excluding diaryl/α,β-unsaturated/α-hetero) is 2. The lowest BCUT2D eigenvalue weighted by Gasteiger charge is -2.29. The molecule has 0 spiro atoms. The molecule has 1 atom stereocenters. The van der Waals surface area contributed by atoms with Gasteiger partial charge in [0, 0.05) is 25.2 Å². The minimum atomic E-state index is -0.123. The molecule has 0 aromatic heterocycles. The Hall–Kier alpha value is -0.700. The first-order chi connectivity index (χ1) is 17.3. The summed E-state index contributed by atoms with van der Waals surface area (Å²) in [6.07, 6.45) is 30.4. The lowest BCUT2D eigenvalue weighted by molar-refractivity contribution is -0.131. The average Bonchev–Trinajstić information content (AvgIpc) is 2.83. The van der Waals surface area contributed by atoms with Gasteiger partial charge in [-0.1, -0.05) is 163 Å². The van der Waals surface area contributed by atoms with Crippen LogP contribution in [-0.4, -0.2) is 11.6 Å². The molecule has 0 heterocycles. The second kappa shape index (κ2) is 26.9. The molecule has 0 rings (SSSR count). The fourth-order valence-electron chi connectivity index (χ4n) is 5.36. The molecule has 0 aromatic rings. The third-order valence-corrected chi connectivity index (χ3v) is 7.95. The molecule has 37 heavy (non-hydrogen) atoms. The topological polar surface area (TPSA) is 69.1 Å². The van der Waals surface area contributed by atoms with E-state index in [2.05, 4.69) is 34.6 Å². The zero-order valence-electron chi connectivity index (χ0n) is 26.3. The molecule has 3 N–H and O–H groups in total. The summed E-state index contributed by atoms with van der Waals surface area (Å²) in [6, 6.07) is 0. The van der Waals surface area contributed by atoms with Gasteiger partial charge in [-0.2, -0.15) is 0 Å². The largest absolute Gasteiger partial charge is 0.344 e. The molecule has 0 fully saturated rings. The molecule has 0 aromatic carbocycles. The smallest absolute Gasteiger partial charge is 0.136 e. The highest BCUT2D eigenvalue weighted by atomic mass is 16.1. The van der Waals surface area contributed by atoms with Crippen LogP contribution in [0.1, 0.15) is 195 Å². The Labute approximate surface area is 233 Å². The first kappa shape index (κ1) is 38.4. The van der Waals surface area contributed by atoms with E-state index in [9.17, 15) is 9.59 Å². The number of hydrogen-bond donors (Lipinski definition) is 1. The summed E-state index contributed by atoms with van der Waals surface area (Å²) in [4.78, 5) is 25.7. The predicted octanol–water partition coefficient (Wildman–Crippen LogP) is 11.7. The summed E-state index contributed by atoms with van der Waals surface area (Å²) in [5, 5.41) is 0. The number of unbranched alkanes of at least 4 members (excludes halogenated alkanes) is 20. The molecule has 0 aliphatic rings. The van der Waals surface area contributed by atoms with Crippen molar-refractivity contribution in [2.45, 2.75) is 195 Å². The van der Waals surface area contributed by atoms with E-state index in [1.807, 2.05) is 0 Å². The standard InChI is InChI=1S/C34H66O2.H3N/c1-6-8-10-12-14-16-18-20-22-24-26-28-31(35)30-32(34(3,4)5)33(36)29-27-25-23-21-19-17-15-13-11-9-7-2;/h32H,6-30H2,1-5H3;1H3. The SMILES string of the molecule is CCCCCCCCCCCCCC(=O)CC(C(=O)CCCCCCCCCCCCC)C(C)(C)C.N. The van der Waals surface area contributed by atoms with Crippen molar-refractivity contribution in [3.63, 3.8) is 0 Å². The Kier molecular flexibility index (Phi) is 27.9. The molecule has 0 saturated heterocycles. The van der Waals surface area contributed by atoms with Gasteiger partial charge < -0.3 is 6.15 Å². The highest BCUT2D eigenvalue weighted by Crippen LogP contribution is 2.32. The van der Waals surface area contributed by atoms with Crippen molar-refractivity contribution in [2.24, 2.45) is 11.3 Å². The van der Waals surface area contributed by atoms with Gasteiger partial charge in [0.1, 0.15) is 11.6 Å². The summed E-state index contributed by atoms with van der Waals surface area (Å²) in [7, 11) is 0. The summed E-state index contributed by atoms with van der Waals surface area (Å²) in [6.45, 7) is 10.9. The van der Waals surface area contributed by atoms with Gasteiger partial charge in [0.05, 0.1) is 0 Å². The van der Waals surface area contributed by atoms with Crippen molar-refractivity contribution in [2.75, 3.05) is 0 Å². The van der Waals surface area contributed by atoms with E-state index in [0.29, 0.717) is 30.8 Å². The summed E-state index contributed by atoms with van der Waals surface area (Å²) in [5.74, 6) is 0.518. The molecule has 0 bridgehead atoms. The first-order valence-electron chi connectivity index (χ1n) is 16.4. The molecule has 3 nitrogen and oxygen atoms in total. The van der Waals surface area contributed by atoms with Crippen LogP contribution in [0, 0.1) is 11.3 Å². The maximum atomic E-state index is 13.0. The van der Waals surface area contributed by atoms with Gasteiger partial charge in [0.15, 0.2) is 0 Å². The Morgan fingerprint density at radius 1 is 0.486 bits per heavy atom. The molecule has 1 unspecified atom stereocenters. The highest BCUT2D eigenvalue weighted by molar-refractivity contribution is 5.88. The van der Waals surface area contributed by atoms with Gasteiger partial charge in [0.2, 0.25) is 0 Å². The maximum Gasteiger partial charge on any atom is 0.136 e. The molecule has 3 heteroatoms. The zero-order chi connectivity index (χ0) is 26.9. The Balaban J connectivity index is 0. The van der Waals surface area contributed by atoms with Crippen LogP contribution in [0.5, 0.6) is 0 Å². The van der Waals surface area contributed by atoms with Gasteiger partial charge in [0.25, 0.3) is 0 Å². The lowest BCUT2D eigenvalue weighted by atomic mass is 9.74. The van der Waals surface area contributed by atoms with Gasteiger partial charge in [-0.3, -0.25) is 9.59 Å². The van der Waals surface area contributed by atoms with E-state index in [-0.39, 0.29) is 17.5 Å². The number of carbonyl (C=O) groups is 2. The Morgan fingerprint density at radius 3 is 1.11 bits per heavy atom. The van der Waals surface area contributed by atoms with Crippen molar-refractivity contribution in [3.8, 4) is 0 Å². The van der Waals surface area contributed by atoms with Crippen molar-refractivity contribution >= 4 is 11.6 Å². The third kappa shape index (κ3) is 25.3. The van der Waals surface area contributed by atoms with E-state index < -0.39 is 0 Å². The van der Waals surface area contributed by atoms with E-state index in [0.717, 1.165) is 25.7 Å². The number of hydrogen-bond acceptors (Lipinski definition) is 3. The van der Waals surface area contributed by atoms with E-state index in [1.165, 1.54) is 116 Å².